The van der Waals surface area contributed by atoms with Crippen molar-refractivity contribution in [2.45, 2.75) is 43.1 Å². The fourth-order valence-electron chi connectivity index (χ4n) is 0.695. The number of hydrogen-bond donors (Lipinski definition) is 0. The van der Waals surface area contributed by atoms with E-state index in [1.54, 1.807) is 0 Å². The minimum Gasteiger partial charge on any atom is -0.226 e. The second-order valence-electron chi connectivity index (χ2n) is 3.83. The van der Waals surface area contributed by atoms with Gasteiger partial charge in [-0.1, -0.05) is 0 Å². The third-order valence-corrected chi connectivity index (χ3v) is 1.74. The van der Waals surface area contributed by atoms with Crippen LogP contribution in [-0.2, 0) is 14.2 Å². The van der Waals surface area contributed by atoms with Gasteiger partial charge < -0.3 is 0 Å². The van der Waals surface area contributed by atoms with Gasteiger partial charge in [-0.15, -0.1) is 0 Å². The lowest BCUT2D eigenvalue weighted by Crippen LogP contribution is -2.57. The molecule has 0 heterocycles. The van der Waals surface area contributed by atoms with Crippen LogP contribution in [0.3, 0.4) is 0 Å². The van der Waals surface area contributed by atoms with E-state index >= 15 is 0 Å². The van der Waals surface area contributed by atoms with Crippen molar-refractivity contribution in [3.63, 3.8) is 0 Å². The van der Waals surface area contributed by atoms with Gasteiger partial charge >= 0.3 is 43.1 Å². The Morgan fingerprint density at radius 2 is 0.462 bits per heavy atom. The van der Waals surface area contributed by atoms with E-state index in [-0.39, 0.29) is 0 Å². The third-order valence-electron chi connectivity index (χ3n) is 1.74. The van der Waals surface area contributed by atoms with Gasteiger partial charge in [-0.3, -0.25) is 0 Å². The molecule has 0 aromatic carbocycles. The predicted octanol–water partition coefficient (Wildman–Crippen LogP) is 5.08. The van der Waals surface area contributed by atoms with Crippen LogP contribution in [0.4, 0.5) is 70.2 Å². The monoisotopic (exact) mass is 436 g/mol. The normalized spacial score (nSPS) is 16.2. The number of ether oxygens (including phenoxy) is 3. The molecule has 0 aromatic heterocycles. The van der Waals surface area contributed by atoms with Crippen LogP contribution < -0.4 is 0 Å². The lowest BCUT2D eigenvalue weighted by Gasteiger charge is -2.34. The van der Waals surface area contributed by atoms with E-state index in [4.69, 9.17) is 0 Å². The van der Waals surface area contributed by atoms with Crippen molar-refractivity contribution in [2.75, 3.05) is 0 Å². The van der Waals surface area contributed by atoms with E-state index < -0.39 is 43.1 Å². The Morgan fingerprint density at radius 3 is 0.577 bits per heavy atom. The zero-order valence-electron chi connectivity index (χ0n) is 10.8. The molecule has 0 saturated carbocycles. The first-order valence-corrected chi connectivity index (χ1v) is 5.00. The molecule has 3 nitrogen and oxygen atoms in total. The molecule has 0 unspecified atom stereocenters. The van der Waals surface area contributed by atoms with E-state index in [0.717, 1.165) is 0 Å². The molecule has 0 aliphatic heterocycles. The fourth-order valence-corrected chi connectivity index (χ4v) is 0.695. The highest BCUT2D eigenvalue weighted by Crippen LogP contribution is 2.48. The quantitative estimate of drug-likeness (QED) is 0.430. The molecule has 0 amide bonds. The van der Waals surface area contributed by atoms with Gasteiger partial charge in [0.05, 0.1) is 0 Å². The number of rotatable bonds is 6. The van der Waals surface area contributed by atoms with Crippen LogP contribution in [0.1, 0.15) is 0 Å². The molecule has 19 heteroatoms. The van der Waals surface area contributed by atoms with Gasteiger partial charge in [-0.25, -0.2) is 14.2 Å². The second kappa shape index (κ2) is 6.43. The zero-order chi connectivity index (χ0) is 21.6. The Bertz CT molecular complexity index is 416. The summed E-state index contributed by atoms with van der Waals surface area (Å²) in [7, 11) is 0. The first-order valence-electron chi connectivity index (χ1n) is 5.00. The summed E-state index contributed by atoms with van der Waals surface area (Å²) < 4.78 is 198. The molecule has 0 fully saturated rings. The largest absolute Gasteiger partial charge is 0.483 e. The van der Waals surface area contributed by atoms with Crippen molar-refractivity contribution >= 4 is 0 Å². The van der Waals surface area contributed by atoms with Crippen LogP contribution in [0.5, 0.6) is 0 Å². The van der Waals surface area contributed by atoms with E-state index in [2.05, 4.69) is 0 Å². The summed E-state index contributed by atoms with van der Waals surface area (Å²) in [6, 6.07) is 0. The van der Waals surface area contributed by atoms with Gasteiger partial charge in [0.15, 0.2) is 0 Å². The summed E-state index contributed by atoms with van der Waals surface area (Å²) in [6.07, 6.45) is -50.3. The highest BCUT2D eigenvalue weighted by Gasteiger charge is 2.74. The van der Waals surface area contributed by atoms with Gasteiger partial charge in [0.25, 0.3) is 0 Å². The van der Waals surface area contributed by atoms with E-state index in [0.29, 0.717) is 0 Å². The Balaban J connectivity index is 6.05. The maximum Gasteiger partial charge on any atom is 0.483 e. The summed E-state index contributed by atoms with van der Waals surface area (Å²) in [6.45, 7) is 0. The summed E-state index contributed by atoms with van der Waals surface area (Å²) in [5.74, 6) is 0. The Hall–Kier alpha value is -1.24. The maximum atomic E-state index is 13.3. The van der Waals surface area contributed by atoms with Crippen molar-refractivity contribution < 1.29 is 84.5 Å². The molecule has 0 aliphatic carbocycles. The van der Waals surface area contributed by atoms with Crippen LogP contribution in [0.15, 0.2) is 0 Å². The highest BCUT2D eigenvalue weighted by molar-refractivity contribution is 4.72. The molecule has 0 bridgehead atoms. The van der Waals surface area contributed by atoms with Gasteiger partial charge in [-0.2, -0.15) is 70.2 Å². The van der Waals surface area contributed by atoms with Crippen LogP contribution >= 0.6 is 0 Å². The SMILES string of the molecule is FC(OC(F)(F)C(F)(F)F)(OC(F)(F)C(F)(F)F)OC(F)(F)C(F)(F)F. The predicted molar refractivity (Wildman–Crippen MR) is 40.1 cm³/mol. The average molecular weight is 436 g/mol. The molecule has 0 spiro atoms. The molecule has 0 rings (SSSR count). The van der Waals surface area contributed by atoms with Crippen molar-refractivity contribution in [2.24, 2.45) is 0 Å². The molecule has 158 valence electrons. The van der Waals surface area contributed by atoms with Crippen LogP contribution in [0.25, 0.3) is 0 Å². The van der Waals surface area contributed by atoms with Crippen molar-refractivity contribution in [3.8, 4) is 0 Å². The topological polar surface area (TPSA) is 27.7 Å². The first-order chi connectivity index (χ1) is 10.9. The van der Waals surface area contributed by atoms with Gasteiger partial charge in [-0.05, 0) is 0 Å². The van der Waals surface area contributed by atoms with Crippen molar-refractivity contribution in [1.29, 1.82) is 0 Å². The molecule has 0 saturated heterocycles. The Morgan fingerprint density at radius 1 is 0.308 bits per heavy atom. The summed E-state index contributed by atoms with van der Waals surface area (Å²) in [5.41, 5.74) is 0. The number of alkyl halides is 16. The highest BCUT2D eigenvalue weighted by atomic mass is 19.4. The molecule has 26 heavy (non-hydrogen) atoms. The van der Waals surface area contributed by atoms with Crippen LogP contribution in [0, 0.1) is 0 Å². The number of halogens is 16. The van der Waals surface area contributed by atoms with Crippen LogP contribution in [0.2, 0.25) is 0 Å². The van der Waals surface area contributed by atoms with Gasteiger partial charge in [0, 0.05) is 0 Å². The van der Waals surface area contributed by atoms with Crippen molar-refractivity contribution in [3.05, 3.63) is 0 Å². The summed E-state index contributed by atoms with van der Waals surface area (Å²) in [5, 5.41) is 0. The lowest BCUT2D eigenvalue weighted by atomic mass is 10.6. The van der Waals surface area contributed by atoms with Crippen LogP contribution in [-0.4, -0.2) is 43.1 Å². The Labute approximate surface area is 129 Å². The zero-order valence-corrected chi connectivity index (χ0v) is 10.8. The van der Waals surface area contributed by atoms with E-state index in [1.807, 2.05) is 0 Å². The molecule has 0 radical (unpaired) electrons. The van der Waals surface area contributed by atoms with Gasteiger partial charge in [0.2, 0.25) is 0 Å². The second-order valence-corrected chi connectivity index (χ2v) is 3.83. The van der Waals surface area contributed by atoms with Gasteiger partial charge in [0.1, 0.15) is 0 Å². The molecule has 0 aliphatic rings. The number of hydrogen-bond acceptors (Lipinski definition) is 3. The fraction of sp³-hybridized carbons (Fsp3) is 1.00. The summed E-state index contributed by atoms with van der Waals surface area (Å²) in [4.78, 5) is 0. The minimum absolute atomic E-state index is 1.52. The molecule has 0 atom stereocenters. The lowest BCUT2D eigenvalue weighted by molar-refractivity contribution is -0.623. The summed E-state index contributed by atoms with van der Waals surface area (Å²) >= 11 is 0. The smallest absolute Gasteiger partial charge is 0.226 e. The van der Waals surface area contributed by atoms with Crippen molar-refractivity contribution in [1.82, 2.24) is 0 Å². The molecular formula is C7F16O3. The van der Waals surface area contributed by atoms with E-state index in [1.165, 1.54) is 14.2 Å². The standard InChI is InChI=1S/C7F16O3/c8-1(9,10)4(17,18)24-7(23,25-5(19,20)2(11,12)13)26-6(21,22)3(14,15)16. The molecule has 0 N–H and O–H groups in total. The van der Waals surface area contributed by atoms with E-state index in [9.17, 15) is 70.2 Å². The maximum absolute atomic E-state index is 13.3. The molecule has 0 aromatic rings. The first kappa shape index (κ1) is 24.8. The molecular weight excluding hydrogens is 436 g/mol. The third kappa shape index (κ3) is 5.63. The Kier molecular flexibility index (Phi) is 6.12. The minimum atomic E-state index is -7.22. The average Bonchev–Trinajstić information content (AvgIpc) is 2.19.